The summed E-state index contributed by atoms with van der Waals surface area (Å²) in [6, 6.07) is 16.4. The number of nitrogens with two attached hydrogens (primary N) is 1. The fourth-order valence-electron chi connectivity index (χ4n) is 2.49. The molecule has 2 atom stereocenters. The first-order valence-corrected chi connectivity index (χ1v) is 8.40. The van der Waals surface area contributed by atoms with Crippen LogP contribution >= 0.6 is 0 Å². The van der Waals surface area contributed by atoms with Gasteiger partial charge in [0.2, 0.25) is 0 Å². The molecule has 25 heavy (non-hydrogen) atoms. The van der Waals surface area contributed by atoms with Crippen LogP contribution in [0.15, 0.2) is 54.6 Å². The molecule has 0 aliphatic rings. The van der Waals surface area contributed by atoms with Crippen LogP contribution < -0.4 is 11.1 Å². The van der Waals surface area contributed by atoms with Crippen LogP contribution in [-0.4, -0.2) is 24.5 Å². The minimum atomic E-state index is -0.863. The van der Waals surface area contributed by atoms with E-state index in [-0.39, 0.29) is 11.8 Å². The molecule has 132 valence electrons. The maximum absolute atomic E-state index is 12.2. The third-order valence-corrected chi connectivity index (χ3v) is 4.09. The topological polar surface area (TPSA) is 81.4 Å². The maximum atomic E-state index is 12.2. The zero-order valence-corrected chi connectivity index (χ0v) is 14.6. The molecule has 1 amide bonds. The van der Waals surface area contributed by atoms with Gasteiger partial charge < -0.3 is 15.8 Å². The van der Waals surface area contributed by atoms with Gasteiger partial charge in [-0.3, -0.25) is 4.79 Å². The third kappa shape index (κ3) is 5.35. The molecule has 0 bridgehead atoms. The van der Waals surface area contributed by atoms with Gasteiger partial charge in [0, 0.05) is 18.2 Å². The van der Waals surface area contributed by atoms with Crippen molar-refractivity contribution in [1.82, 2.24) is 5.32 Å². The van der Waals surface area contributed by atoms with Crippen LogP contribution in [0, 0.1) is 0 Å². The molecule has 0 spiro atoms. The van der Waals surface area contributed by atoms with Crippen molar-refractivity contribution in [2.75, 3.05) is 12.3 Å². The molecule has 0 radical (unpaired) electrons. The van der Waals surface area contributed by atoms with Gasteiger partial charge in [-0.2, -0.15) is 0 Å². The lowest BCUT2D eigenvalue weighted by Crippen LogP contribution is -2.38. The van der Waals surface area contributed by atoms with Crippen LogP contribution in [0.25, 0.3) is 0 Å². The second kappa shape index (κ2) is 8.87. The van der Waals surface area contributed by atoms with Gasteiger partial charge >= 0.3 is 5.97 Å². The van der Waals surface area contributed by atoms with Crippen LogP contribution in [0.5, 0.6) is 0 Å². The number of benzene rings is 2. The second-order valence-corrected chi connectivity index (χ2v) is 5.93. The maximum Gasteiger partial charge on any atom is 0.338 e. The summed E-state index contributed by atoms with van der Waals surface area (Å²) < 4.78 is 5.22. The number of amides is 1. The van der Waals surface area contributed by atoms with Crippen molar-refractivity contribution in [3.8, 4) is 0 Å². The Hall–Kier alpha value is -2.82. The van der Waals surface area contributed by atoms with E-state index in [2.05, 4.69) is 12.2 Å². The van der Waals surface area contributed by atoms with Crippen molar-refractivity contribution in [3.63, 3.8) is 0 Å². The second-order valence-electron chi connectivity index (χ2n) is 5.93. The van der Waals surface area contributed by atoms with Gasteiger partial charge in [-0.25, -0.2) is 4.79 Å². The Morgan fingerprint density at radius 1 is 1.08 bits per heavy atom. The van der Waals surface area contributed by atoms with Gasteiger partial charge in [-0.15, -0.1) is 0 Å². The highest BCUT2D eigenvalue weighted by molar-refractivity contribution is 5.92. The van der Waals surface area contributed by atoms with Crippen LogP contribution in [0.2, 0.25) is 0 Å². The molecule has 3 N–H and O–H groups in total. The summed E-state index contributed by atoms with van der Waals surface area (Å²) in [5.74, 6) is -0.624. The number of esters is 1. The molecule has 0 fully saturated rings. The van der Waals surface area contributed by atoms with E-state index in [1.54, 1.807) is 31.2 Å². The fourth-order valence-corrected chi connectivity index (χ4v) is 2.49. The van der Waals surface area contributed by atoms with E-state index in [1.807, 2.05) is 30.3 Å². The molecule has 2 aromatic carbocycles. The number of anilines is 1. The van der Waals surface area contributed by atoms with E-state index >= 15 is 0 Å². The molecule has 0 aliphatic heterocycles. The summed E-state index contributed by atoms with van der Waals surface area (Å²) in [6.07, 6.45) is 0.0440. The Kier molecular flexibility index (Phi) is 6.57. The van der Waals surface area contributed by atoms with E-state index < -0.39 is 12.1 Å². The van der Waals surface area contributed by atoms with E-state index in [4.69, 9.17) is 10.5 Å². The molecular weight excluding hydrogens is 316 g/mol. The molecular formula is C20H24N2O3. The van der Waals surface area contributed by atoms with Gasteiger partial charge in [-0.05, 0) is 43.2 Å². The first kappa shape index (κ1) is 18.5. The summed E-state index contributed by atoms with van der Waals surface area (Å²) in [4.78, 5) is 24.3. The molecule has 0 heterocycles. The molecule has 0 saturated carbocycles. The average molecular weight is 340 g/mol. The molecule has 0 aromatic heterocycles. The number of rotatable bonds is 7. The average Bonchev–Trinajstić information content (AvgIpc) is 2.63. The van der Waals surface area contributed by atoms with Gasteiger partial charge in [0.1, 0.15) is 0 Å². The number of carbonyl (C=O) groups excluding carboxylic acids is 2. The van der Waals surface area contributed by atoms with Crippen molar-refractivity contribution in [1.29, 1.82) is 0 Å². The van der Waals surface area contributed by atoms with E-state index in [9.17, 15) is 9.59 Å². The highest BCUT2D eigenvalue weighted by atomic mass is 16.5. The highest BCUT2D eigenvalue weighted by Crippen LogP contribution is 2.18. The van der Waals surface area contributed by atoms with E-state index in [1.165, 1.54) is 5.56 Å². The predicted molar refractivity (Wildman–Crippen MR) is 98.2 cm³/mol. The van der Waals surface area contributed by atoms with Crippen molar-refractivity contribution >= 4 is 17.6 Å². The van der Waals surface area contributed by atoms with Crippen molar-refractivity contribution < 1.29 is 14.3 Å². The lowest BCUT2D eigenvalue weighted by Gasteiger charge is -2.18. The van der Waals surface area contributed by atoms with Gasteiger partial charge in [0.05, 0.1) is 5.56 Å². The minimum absolute atomic E-state index is 0.227. The van der Waals surface area contributed by atoms with Crippen LogP contribution in [0.4, 0.5) is 5.69 Å². The highest BCUT2D eigenvalue weighted by Gasteiger charge is 2.20. The van der Waals surface area contributed by atoms with Gasteiger partial charge in [-0.1, -0.05) is 37.3 Å². The smallest absolute Gasteiger partial charge is 0.338 e. The Balaban J connectivity index is 1.87. The monoisotopic (exact) mass is 340 g/mol. The summed E-state index contributed by atoms with van der Waals surface area (Å²) in [5.41, 5.74) is 7.70. The van der Waals surface area contributed by atoms with E-state index in [0.717, 1.165) is 6.42 Å². The molecule has 0 saturated heterocycles. The zero-order valence-electron chi connectivity index (χ0n) is 14.6. The van der Waals surface area contributed by atoms with Crippen LogP contribution in [0.1, 0.15) is 42.1 Å². The number of nitrogen functional groups attached to an aromatic ring is 1. The van der Waals surface area contributed by atoms with E-state index in [0.29, 0.717) is 17.8 Å². The first-order valence-electron chi connectivity index (χ1n) is 8.40. The Labute approximate surface area is 148 Å². The largest absolute Gasteiger partial charge is 0.449 e. The first-order chi connectivity index (χ1) is 12.0. The lowest BCUT2D eigenvalue weighted by molar-refractivity contribution is -0.129. The fraction of sp³-hybridized carbons (Fsp3) is 0.300. The van der Waals surface area contributed by atoms with Crippen LogP contribution in [-0.2, 0) is 9.53 Å². The van der Waals surface area contributed by atoms with Crippen molar-refractivity contribution in [2.24, 2.45) is 0 Å². The number of carbonyl (C=O) groups is 2. The summed E-state index contributed by atoms with van der Waals surface area (Å²) in [6.45, 7) is 4.14. The Bertz CT molecular complexity index is 699. The van der Waals surface area contributed by atoms with Gasteiger partial charge in [0.15, 0.2) is 6.10 Å². The molecule has 0 aliphatic carbocycles. The number of hydrogen-bond donors (Lipinski definition) is 2. The number of nitrogens with one attached hydrogen (secondary N) is 1. The molecule has 2 rings (SSSR count). The Morgan fingerprint density at radius 3 is 2.32 bits per heavy atom. The molecule has 5 nitrogen and oxygen atoms in total. The summed E-state index contributed by atoms with van der Waals surface area (Å²) in [5, 5.41) is 2.86. The Morgan fingerprint density at radius 2 is 1.72 bits per heavy atom. The minimum Gasteiger partial charge on any atom is -0.449 e. The standard InChI is InChI=1S/C20H24N2O3/c1-3-15(16-7-5-4-6-8-16)13-22-19(23)14(2)25-20(24)17-9-11-18(21)12-10-17/h4-12,14-15H,3,13,21H2,1-2H3,(H,22,23)/t14-,15-/m1/s1. The number of ether oxygens (including phenoxy) is 1. The quantitative estimate of drug-likeness (QED) is 0.599. The normalized spacial score (nSPS) is 12.9. The summed E-state index contributed by atoms with van der Waals surface area (Å²) >= 11 is 0. The zero-order chi connectivity index (χ0) is 18.2. The molecule has 5 heteroatoms. The number of hydrogen-bond acceptors (Lipinski definition) is 4. The predicted octanol–water partition coefficient (Wildman–Crippen LogP) is 3.12. The molecule has 2 aromatic rings. The third-order valence-electron chi connectivity index (χ3n) is 4.09. The van der Waals surface area contributed by atoms with Crippen LogP contribution in [0.3, 0.4) is 0 Å². The van der Waals surface area contributed by atoms with Crippen molar-refractivity contribution in [3.05, 3.63) is 65.7 Å². The van der Waals surface area contributed by atoms with Gasteiger partial charge in [0.25, 0.3) is 5.91 Å². The lowest BCUT2D eigenvalue weighted by atomic mass is 9.96. The SMILES string of the molecule is CC[C@H](CNC(=O)[C@@H](C)OC(=O)c1ccc(N)cc1)c1ccccc1. The summed E-state index contributed by atoms with van der Waals surface area (Å²) in [7, 11) is 0. The molecule has 0 unspecified atom stereocenters. The van der Waals surface area contributed by atoms with Crippen molar-refractivity contribution in [2.45, 2.75) is 32.3 Å².